The third-order valence-corrected chi connectivity index (χ3v) is 5.13. The van der Waals surface area contributed by atoms with Crippen molar-refractivity contribution in [1.82, 2.24) is 5.32 Å². The fourth-order valence-electron chi connectivity index (χ4n) is 2.61. The van der Waals surface area contributed by atoms with Crippen molar-refractivity contribution in [2.24, 2.45) is 5.92 Å². The van der Waals surface area contributed by atoms with Gasteiger partial charge in [0.1, 0.15) is 20.1 Å². The number of hydrogen-bond acceptors (Lipinski definition) is 8. The van der Waals surface area contributed by atoms with Crippen molar-refractivity contribution >= 4 is 7.85 Å². The summed E-state index contributed by atoms with van der Waals surface area (Å²) in [6.07, 6.45) is -3.03. The molecule has 30 heavy (non-hydrogen) atoms. The molecular weight excluding hydrogens is 389 g/mol. The van der Waals surface area contributed by atoms with Gasteiger partial charge in [-0.25, -0.2) is 0 Å². The van der Waals surface area contributed by atoms with E-state index < -0.39 is 41.6 Å². The van der Waals surface area contributed by atoms with Crippen molar-refractivity contribution in [3.05, 3.63) is 12.7 Å². The van der Waals surface area contributed by atoms with Gasteiger partial charge in [-0.3, -0.25) is 0 Å². The Morgan fingerprint density at radius 2 is 1.60 bits per heavy atom. The molecule has 0 aliphatic heterocycles. The van der Waals surface area contributed by atoms with Gasteiger partial charge >= 0.3 is 0 Å². The van der Waals surface area contributed by atoms with Crippen LogP contribution >= 0.6 is 0 Å². The Morgan fingerprint density at radius 1 is 1.00 bits per heavy atom. The summed E-state index contributed by atoms with van der Waals surface area (Å²) in [4.78, 5) is 0. The minimum absolute atomic E-state index is 0.143. The molecule has 9 heteroatoms. The van der Waals surface area contributed by atoms with Crippen LogP contribution in [0.3, 0.4) is 0 Å². The zero-order valence-electron chi connectivity index (χ0n) is 19.4. The molecule has 7 unspecified atom stereocenters. The molecule has 8 nitrogen and oxygen atoms in total. The zero-order chi connectivity index (χ0) is 23.5. The second-order valence-corrected chi connectivity index (χ2v) is 8.79. The Labute approximate surface area is 183 Å². The first-order valence-electron chi connectivity index (χ1n) is 10.4. The fourth-order valence-corrected chi connectivity index (χ4v) is 2.61. The molecule has 0 aliphatic carbocycles. The van der Waals surface area contributed by atoms with Gasteiger partial charge < -0.3 is 40.0 Å². The summed E-state index contributed by atoms with van der Waals surface area (Å²) >= 11 is 0. The molecule has 0 amide bonds. The SMILES string of the molecule is [B]C(C)(CCNC(C)C=C)OCCC(C)(C)OCC(C)C(O)C(O)C(O)C(O)OC. The summed E-state index contributed by atoms with van der Waals surface area (Å²) in [5.41, 5.74) is -1.31. The van der Waals surface area contributed by atoms with Gasteiger partial charge in [-0.15, -0.1) is 6.58 Å². The van der Waals surface area contributed by atoms with Crippen LogP contribution in [0.2, 0.25) is 0 Å². The van der Waals surface area contributed by atoms with Gasteiger partial charge in [-0.1, -0.05) is 13.0 Å². The normalized spacial score (nSPS) is 20.6. The Kier molecular flexibility index (Phi) is 13.6. The smallest absolute Gasteiger partial charge is 0.183 e. The van der Waals surface area contributed by atoms with Crippen LogP contribution in [0.1, 0.15) is 47.5 Å². The van der Waals surface area contributed by atoms with E-state index in [0.29, 0.717) is 26.0 Å². The zero-order valence-corrected chi connectivity index (χ0v) is 19.4. The lowest BCUT2D eigenvalue weighted by atomic mass is 9.80. The second-order valence-electron chi connectivity index (χ2n) is 8.79. The molecule has 176 valence electrons. The average molecular weight is 431 g/mol. The lowest BCUT2D eigenvalue weighted by molar-refractivity contribution is -0.198. The Hall–Kier alpha value is -0.515. The molecule has 0 aromatic rings. The molecule has 0 saturated heterocycles. The number of ether oxygens (including phenoxy) is 3. The number of nitrogens with one attached hydrogen (secondary N) is 1. The monoisotopic (exact) mass is 431 g/mol. The van der Waals surface area contributed by atoms with E-state index in [0.717, 1.165) is 0 Å². The molecule has 5 N–H and O–H groups in total. The fraction of sp³-hybridized carbons (Fsp3) is 0.905. The molecule has 7 atom stereocenters. The summed E-state index contributed by atoms with van der Waals surface area (Å²) in [5, 5.41) is 42.7. The highest BCUT2D eigenvalue weighted by molar-refractivity contribution is 6.14. The molecule has 2 radical (unpaired) electrons. The molecule has 0 spiro atoms. The lowest BCUT2D eigenvalue weighted by Crippen LogP contribution is -2.48. The Balaban J connectivity index is 4.37. The van der Waals surface area contributed by atoms with E-state index in [4.69, 9.17) is 17.3 Å². The number of rotatable bonds is 17. The standard InChI is InChI=1S/C21H42BNO7/c1-8-15(3)23-11-9-21(6,22)29-12-10-20(4,5)30-13-14(2)16(24)17(25)18(26)19(27)28-7/h8,14-19,23-27H,1,9-13H2,2-7H3. The van der Waals surface area contributed by atoms with E-state index in [2.05, 4.69) is 16.6 Å². The highest BCUT2D eigenvalue weighted by atomic mass is 16.6. The minimum Gasteiger partial charge on any atom is -0.390 e. The van der Waals surface area contributed by atoms with Crippen molar-refractivity contribution in [1.29, 1.82) is 0 Å². The van der Waals surface area contributed by atoms with Crippen LogP contribution in [0, 0.1) is 5.92 Å². The molecule has 0 saturated carbocycles. The van der Waals surface area contributed by atoms with E-state index in [1.165, 1.54) is 7.11 Å². The van der Waals surface area contributed by atoms with Gasteiger partial charge in [0.2, 0.25) is 0 Å². The summed E-state index contributed by atoms with van der Waals surface area (Å²) < 4.78 is 16.3. The van der Waals surface area contributed by atoms with E-state index in [9.17, 15) is 20.4 Å². The highest BCUT2D eigenvalue weighted by Crippen LogP contribution is 2.21. The largest absolute Gasteiger partial charge is 0.390 e. The average Bonchev–Trinajstić information content (AvgIpc) is 2.68. The van der Waals surface area contributed by atoms with Gasteiger partial charge in [-0.05, 0) is 47.1 Å². The van der Waals surface area contributed by atoms with Crippen LogP contribution in [-0.2, 0) is 14.2 Å². The summed E-state index contributed by atoms with van der Waals surface area (Å²) in [7, 11) is 7.38. The highest BCUT2D eigenvalue weighted by Gasteiger charge is 2.34. The Morgan fingerprint density at radius 3 is 2.13 bits per heavy atom. The van der Waals surface area contributed by atoms with Crippen LogP contribution in [0.15, 0.2) is 12.7 Å². The van der Waals surface area contributed by atoms with E-state index in [-0.39, 0.29) is 12.6 Å². The number of aliphatic hydroxyl groups excluding tert-OH is 4. The first-order chi connectivity index (χ1) is 13.8. The lowest BCUT2D eigenvalue weighted by Gasteiger charge is -2.33. The number of aliphatic hydroxyl groups is 4. The van der Waals surface area contributed by atoms with Crippen molar-refractivity contribution < 1.29 is 34.6 Å². The second kappa shape index (κ2) is 13.8. The minimum atomic E-state index is -1.62. The maximum Gasteiger partial charge on any atom is 0.183 e. The van der Waals surface area contributed by atoms with E-state index in [1.807, 2.05) is 33.8 Å². The molecule has 0 aromatic carbocycles. The van der Waals surface area contributed by atoms with Crippen LogP contribution in [0.25, 0.3) is 0 Å². The summed E-state index contributed by atoms with van der Waals surface area (Å²) in [6.45, 7) is 14.3. The summed E-state index contributed by atoms with van der Waals surface area (Å²) in [6, 6.07) is 0.211. The maximum atomic E-state index is 10.2. The van der Waals surface area contributed by atoms with Gasteiger partial charge in [-0.2, -0.15) is 0 Å². The molecule has 0 aliphatic rings. The van der Waals surface area contributed by atoms with Gasteiger partial charge in [0.05, 0.1) is 18.3 Å². The first kappa shape index (κ1) is 29.5. The van der Waals surface area contributed by atoms with Crippen molar-refractivity contribution in [2.45, 2.75) is 89.2 Å². The first-order valence-corrected chi connectivity index (χ1v) is 10.4. The molecule has 0 fully saturated rings. The third kappa shape index (κ3) is 11.8. The molecular formula is C21H42BNO7. The third-order valence-electron chi connectivity index (χ3n) is 5.13. The van der Waals surface area contributed by atoms with E-state index in [1.54, 1.807) is 6.92 Å². The number of methoxy groups -OCH3 is 1. The quantitative estimate of drug-likeness (QED) is 0.127. The number of hydrogen-bond donors (Lipinski definition) is 5. The van der Waals surface area contributed by atoms with Gasteiger partial charge in [0.15, 0.2) is 6.29 Å². The van der Waals surface area contributed by atoms with Crippen molar-refractivity contribution in [3.8, 4) is 0 Å². The van der Waals surface area contributed by atoms with Gasteiger partial charge in [0, 0.05) is 31.2 Å². The van der Waals surface area contributed by atoms with Crippen LogP contribution in [0.5, 0.6) is 0 Å². The topological polar surface area (TPSA) is 121 Å². The van der Waals surface area contributed by atoms with Crippen molar-refractivity contribution in [2.75, 3.05) is 26.9 Å². The molecule has 0 aromatic heterocycles. The van der Waals surface area contributed by atoms with Crippen LogP contribution in [-0.4, -0.2) is 96.9 Å². The van der Waals surface area contributed by atoms with Gasteiger partial charge in [0.25, 0.3) is 0 Å². The predicted octanol–water partition coefficient (Wildman–Crippen LogP) is 0.311. The van der Waals surface area contributed by atoms with E-state index >= 15 is 0 Å². The Bertz CT molecular complexity index is 478. The summed E-state index contributed by atoms with van der Waals surface area (Å²) in [5.74, 6) is -0.489. The molecule has 0 rings (SSSR count). The predicted molar refractivity (Wildman–Crippen MR) is 117 cm³/mol. The van der Waals surface area contributed by atoms with Crippen LogP contribution in [0.4, 0.5) is 0 Å². The maximum absolute atomic E-state index is 10.2. The molecule has 0 heterocycles. The molecule has 0 bridgehead atoms. The van der Waals surface area contributed by atoms with Crippen LogP contribution < -0.4 is 5.32 Å². The van der Waals surface area contributed by atoms with Crippen molar-refractivity contribution in [3.63, 3.8) is 0 Å².